The van der Waals surface area contributed by atoms with Crippen molar-refractivity contribution < 1.29 is 4.79 Å². The number of hydrogen-bond donors (Lipinski definition) is 1. The number of nitrogens with zero attached hydrogens (tertiary/aromatic N) is 4. The van der Waals surface area contributed by atoms with Gasteiger partial charge in [-0.2, -0.15) is 0 Å². The van der Waals surface area contributed by atoms with E-state index in [4.69, 9.17) is 4.98 Å². The number of pyridine rings is 1. The average Bonchev–Trinajstić information content (AvgIpc) is 3.18. The number of amides is 1. The summed E-state index contributed by atoms with van der Waals surface area (Å²) in [6.07, 6.45) is 9.61. The van der Waals surface area contributed by atoms with Crippen molar-refractivity contribution in [3.63, 3.8) is 0 Å². The molecule has 142 valence electrons. The van der Waals surface area contributed by atoms with Gasteiger partial charge in [0.05, 0.1) is 5.56 Å². The molecule has 0 unspecified atom stereocenters. The van der Waals surface area contributed by atoms with Crippen LogP contribution in [0.1, 0.15) is 52.4 Å². The minimum Gasteiger partial charge on any atom is -0.338 e. The van der Waals surface area contributed by atoms with Crippen molar-refractivity contribution in [3.05, 3.63) is 52.9 Å². The largest absolute Gasteiger partial charge is 0.338 e. The first-order valence-corrected chi connectivity index (χ1v) is 9.98. The van der Waals surface area contributed by atoms with Crippen LogP contribution in [0.15, 0.2) is 24.5 Å². The molecule has 6 nitrogen and oxygen atoms in total. The van der Waals surface area contributed by atoms with E-state index in [1.54, 1.807) is 12.4 Å². The van der Waals surface area contributed by atoms with E-state index >= 15 is 0 Å². The van der Waals surface area contributed by atoms with Crippen molar-refractivity contribution in [2.75, 3.05) is 19.6 Å². The van der Waals surface area contributed by atoms with E-state index in [9.17, 15) is 4.79 Å². The lowest BCUT2D eigenvalue weighted by molar-refractivity contribution is 0.0705. The predicted molar refractivity (Wildman–Crippen MR) is 104 cm³/mol. The Bertz CT molecular complexity index is 800. The molecule has 0 saturated carbocycles. The zero-order chi connectivity index (χ0) is 18.6. The Kier molecular flexibility index (Phi) is 5.43. The van der Waals surface area contributed by atoms with Crippen LogP contribution in [0.4, 0.5) is 0 Å². The molecule has 2 aromatic heterocycles. The molecule has 0 atom stereocenters. The Morgan fingerprint density at radius 1 is 1.26 bits per heavy atom. The molecule has 0 spiro atoms. The number of aromatic nitrogens is 3. The minimum absolute atomic E-state index is 0.0866. The molecule has 1 amide bonds. The molecule has 6 heteroatoms. The number of carbonyl (C=O) groups is 1. The summed E-state index contributed by atoms with van der Waals surface area (Å²) < 4.78 is 0. The van der Waals surface area contributed by atoms with Crippen LogP contribution >= 0.6 is 0 Å². The van der Waals surface area contributed by atoms with Gasteiger partial charge in [-0.05, 0) is 56.7 Å². The summed E-state index contributed by atoms with van der Waals surface area (Å²) in [4.78, 5) is 27.9. The van der Waals surface area contributed by atoms with Gasteiger partial charge in [-0.1, -0.05) is 0 Å². The number of aryl methyl sites for hydroxylation is 2. The van der Waals surface area contributed by atoms with Crippen molar-refractivity contribution in [3.8, 4) is 0 Å². The molecule has 1 saturated heterocycles. The molecule has 1 fully saturated rings. The highest BCUT2D eigenvalue weighted by atomic mass is 16.2. The fourth-order valence-corrected chi connectivity index (χ4v) is 4.14. The second-order valence-electron chi connectivity index (χ2n) is 7.52. The fraction of sp³-hybridized carbons (Fsp3) is 0.524. The van der Waals surface area contributed by atoms with E-state index in [1.165, 1.54) is 17.7 Å². The zero-order valence-corrected chi connectivity index (χ0v) is 15.9. The number of hydrogen-bond acceptors (Lipinski definition) is 5. The summed E-state index contributed by atoms with van der Waals surface area (Å²) in [6, 6.07) is 4.10. The molecule has 0 bridgehead atoms. The zero-order valence-electron chi connectivity index (χ0n) is 15.9. The molecule has 1 N–H and O–H groups in total. The standard InChI is InChI=1S/C21H27N5O/c1-15-18-5-2-6-19(18)25-20(24-15)7-11-23-17-8-12-26(13-9-17)21(27)16-4-3-10-22-14-16/h3-4,10,14,17,23H,2,5-9,11-13H2,1H3. The molecule has 3 heterocycles. The van der Waals surface area contributed by atoms with Gasteiger partial charge in [-0.15, -0.1) is 0 Å². The second-order valence-corrected chi connectivity index (χ2v) is 7.52. The third-order valence-corrected chi connectivity index (χ3v) is 5.66. The second kappa shape index (κ2) is 8.13. The lowest BCUT2D eigenvalue weighted by atomic mass is 10.0. The number of piperidine rings is 1. The van der Waals surface area contributed by atoms with Gasteiger partial charge in [-0.25, -0.2) is 9.97 Å². The maximum atomic E-state index is 12.5. The number of fused-ring (bicyclic) bond motifs is 1. The van der Waals surface area contributed by atoms with Gasteiger partial charge in [-0.3, -0.25) is 9.78 Å². The highest BCUT2D eigenvalue weighted by Crippen LogP contribution is 2.22. The predicted octanol–water partition coefficient (Wildman–Crippen LogP) is 2.11. The van der Waals surface area contributed by atoms with Crippen LogP contribution in [0.2, 0.25) is 0 Å². The summed E-state index contributed by atoms with van der Waals surface area (Å²) in [5.41, 5.74) is 4.47. The molecule has 1 aliphatic carbocycles. The Labute approximate surface area is 160 Å². The van der Waals surface area contributed by atoms with Gasteiger partial charge in [0.25, 0.3) is 5.91 Å². The van der Waals surface area contributed by atoms with E-state index < -0.39 is 0 Å². The van der Waals surface area contributed by atoms with Crippen molar-refractivity contribution in [2.45, 2.75) is 51.5 Å². The maximum Gasteiger partial charge on any atom is 0.255 e. The van der Waals surface area contributed by atoms with E-state index in [1.807, 2.05) is 17.0 Å². The summed E-state index contributed by atoms with van der Waals surface area (Å²) >= 11 is 0. The van der Waals surface area contributed by atoms with Gasteiger partial charge in [0.1, 0.15) is 5.82 Å². The van der Waals surface area contributed by atoms with Crippen LogP contribution in [0, 0.1) is 6.92 Å². The third-order valence-electron chi connectivity index (χ3n) is 5.66. The number of nitrogens with one attached hydrogen (secondary N) is 1. The van der Waals surface area contributed by atoms with E-state index in [-0.39, 0.29) is 5.91 Å². The Morgan fingerprint density at radius 2 is 2.11 bits per heavy atom. The Balaban J connectivity index is 1.23. The first kappa shape index (κ1) is 18.0. The van der Waals surface area contributed by atoms with Crippen LogP contribution in [-0.2, 0) is 19.3 Å². The molecular formula is C21H27N5O. The van der Waals surface area contributed by atoms with Crippen molar-refractivity contribution in [2.24, 2.45) is 0 Å². The van der Waals surface area contributed by atoms with Gasteiger partial charge in [0, 0.05) is 55.9 Å². The Morgan fingerprint density at radius 3 is 2.89 bits per heavy atom. The molecule has 2 aromatic rings. The first-order valence-electron chi connectivity index (χ1n) is 9.98. The number of likely N-dealkylation sites (tertiary alicyclic amines) is 1. The molecule has 0 radical (unpaired) electrons. The molecule has 4 rings (SSSR count). The first-order chi connectivity index (χ1) is 13.2. The van der Waals surface area contributed by atoms with Gasteiger partial charge in [0.2, 0.25) is 0 Å². The van der Waals surface area contributed by atoms with Crippen molar-refractivity contribution >= 4 is 5.91 Å². The van der Waals surface area contributed by atoms with E-state index in [0.717, 1.165) is 63.3 Å². The number of carbonyl (C=O) groups excluding carboxylic acids is 1. The van der Waals surface area contributed by atoms with Crippen LogP contribution in [0.25, 0.3) is 0 Å². The van der Waals surface area contributed by atoms with Gasteiger partial charge >= 0.3 is 0 Å². The summed E-state index contributed by atoms with van der Waals surface area (Å²) in [5.74, 6) is 1.05. The van der Waals surface area contributed by atoms with E-state index in [2.05, 4.69) is 22.2 Å². The minimum atomic E-state index is 0.0866. The van der Waals surface area contributed by atoms with Gasteiger partial charge in [0.15, 0.2) is 0 Å². The van der Waals surface area contributed by atoms with Crippen molar-refractivity contribution in [1.82, 2.24) is 25.2 Å². The van der Waals surface area contributed by atoms with Crippen LogP contribution in [-0.4, -0.2) is 51.4 Å². The summed E-state index contributed by atoms with van der Waals surface area (Å²) in [7, 11) is 0. The lowest BCUT2D eigenvalue weighted by Gasteiger charge is -2.32. The average molecular weight is 365 g/mol. The Hall–Kier alpha value is -2.34. The summed E-state index contributed by atoms with van der Waals surface area (Å²) in [6.45, 7) is 4.58. The maximum absolute atomic E-state index is 12.5. The van der Waals surface area contributed by atoms with Gasteiger partial charge < -0.3 is 10.2 Å². The van der Waals surface area contributed by atoms with E-state index in [0.29, 0.717) is 11.6 Å². The molecule has 0 aromatic carbocycles. The quantitative estimate of drug-likeness (QED) is 0.879. The van der Waals surface area contributed by atoms with Crippen LogP contribution in [0.3, 0.4) is 0 Å². The fourth-order valence-electron chi connectivity index (χ4n) is 4.14. The molecular weight excluding hydrogens is 338 g/mol. The molecule has 27 heavy (non-hydrogen) atoms. The highest BCUT2D eigenvalue weighted by Gasteiger charge is 2.23. The normalized spacial score (nSPS) is 17.1. The smallest absolute Gasteiger partial charge is 0.255 e. The molecule has 1 aliphatic heterocycles. The number of rotatable bonds is 5. The van der Waals surface area contributed by atoms with Crippen LogP contribution in [0.5, 0.6) is 0 Å². The monoisotopic (exact) mass is 365 g/mol. The van der Waals surface area contributed by atoms with Crippen molar-refractivity contribution in [1.29, 1.82) is 0 Å². The third kappa shape index (κ3) is 4.16. The molecule has 2 aliphatic rings. The summed E-state index contributed by atoms with van der Waals surface area (Å²) in [5, 5.41) is 3.63. The van der Waals surface area contributed by atoms with Crippen LogP contribution < -0.4 is 5.32 Å². The highest BCUT2D eigenvalue weighted by molar-refractivity contribution is 5.93. The SMILES string of the molecule is Cc1nc(CCNC2CCN(C(=O)c3cccnc3)CC2)nc2c1CCC2. The topological polar surface area (TPSA) is 71.0 Å². The lowest BCUT2D eigenvalue weighted by Crippen LogP contribution is -2.45.